The van der Waals surface area contributed by atoms with Gasteiger partial charge in [-0.2, -0.15) is 0 Å². The Bertz CT molecular complexity index is 309. The van der Waals surface area contributed by atoms with Crippen molar-refractivity contribution in [2.24, 2.45) is 5.92 Å². The van der Waals surface area contributed by atoms with Crippen molar-refractivity contribution >= 4 is 5.97 Å². The summed E-state index contributed by atoms with van der Waals surface area (Å²) in [6.07, 6.45) is 4.17. The number of hydrogen-bond acceptors (Lipinski definition) is 4. The Kier molecular flexibility index (Phi) is 6.96. The molecule has 1 aliphatic rings. The molecule has 4 heteroatoms. The third kappa shape index (κ3) is 4.74. The highest BCUT2D eigenvalue weighted by atomic mass is 16.5. The first kappa shape index (κ1) is 17.4. The van der Waals surface area contributed by atoms with Gasteiger partial charge in [-0.3, -0.25) is 4.79 Å². The summed E-state index contributed by atoms with van der Waals surface area (Å²) in [5.74, 6) is 0.656. The molecular formula is C16H32N2O2. The van der Waals surface area contributed by atoms with Crippen LogP contribution in [0.25, 0.3) is 0 Å². The molecule has 1 heterocycles. The Balaban J connectivity index is 2.44. The zero-order valence-electron chi connectivity index (χ0n) is 13.9. The van der Waals surface area contributed by atoms with Crippen molar-refractivity contribution in [2.75, 3.05) is 26.7 Å². The van der Waals surface area contributed by atoms with Gasteiger partial charge in [0.05, 0.1) is 7.11 Å². The van der Waals surface area contributed by atoms with Crippen LogP contribution in [-0.2, 0) is 9.53 Å². The van der Waals surface area contributed by atoms with Crippen molar-refractivity contribution in [2.45, 2.75) is 65.0 Å². The van der Waals surface area contributed by atoms with Gasteiger partial charge in [-0.05, 0) is 58.5 Å². The van der Waals surface area contributed by atoms with Gasteiger partial charge in [0.2, 0.25) is 0 Å². The summed E-state index contributed by atoms with van der Waals surface area (Å²) in [5.41, 5.74) is -0.542. The highest BCUT2D eigenvalue weighted by Gasteiger charge is 2.34. The van der Waals surface area contributed by atoms with Crippen LogP contribution < -0.4 is 5.32 Å². The van der Waals surface area contributed by atoms with Crippen LogP contribution in [-0.4, -0.2) is 49.2 Å². The Morgan fingerprint density at radius 1 is 1.45 bits per heavy atom. The highest BCUT2D eigenvalue weighted by molar-refractivity contribution is 5.80. The molecule has 0 aromatic carbocycles. The maximum Gasteiger partial charge on any atom is 0.325 e. The molecule has 1 saturated heterocycles. The van der Waals surface area contributed by atoms with Crippen molar-refractivity contribution in [3.8, 4) is 0 Å². The molecular weight excluding hydrogens is 252 g/mol. The van der Waals surface area contributed by atoms with Crippen LogP contribution in [0.3, 0.4) is 0 Å². The van der Waals surface area contributed by atoms with Crippen LogP contribution in [0.15, 0.2) is 0 Å². The monoisotopic (exact) mass is 284 g/mol. The van der Waals surface area contributed by atoms with Gasteiger partial charge >= 0.3 is 5.97 Å². The second kappa shape index (κ2) is 7.99. The number of carbonyl (C=O) groups is 1. The summed E-state index contributed by atoms with van der Waals surface area (Å²) in [6, 6.07) is 0.679. The number of carbonyl (C=O) groups excluding carboxylic acids is 1. The second-order valence-electron chi connectivity index (χ2n) is 6.54. The minimum atomic E-state index is -0.542. The maximum atomic E-state index is 12.0. The van der Waals surface area contributed by atoms with E-state index in [0.29, 0.717) is 6.04 Å². The lowest BCUT2D eigenvalue weighted by Gasteiger charge is -2.29. The van der Waals surface area contributed by atoms with Crippen molar-refractivity contribution in [1.82, 2.24) is 10.2 Å². The summed E-state index contributed by atoms with van der Waals surface area (Å²) in [6.45, 7) is 11.8. The van der Waals surface area contributed by atoms with Crippen LogP contribution >= 0.6 is 0 Å². The molecule has 0 aromatic heterocycles. The van der Waals surface area contributed by atoms with Crippen LogP contribution in [0.4, 0.5) is 0 Å². The normalized spacial score (nSPS) is 26.4. The number of nitrogens with one attached hydrogen (secondary N) is 1. The van der Waals surface area contributed by atoms with Crippen molar-refractivity contribution in [3.63, 3.8) is 0 Å². The summed E-state index contributed by atoms with van der Waals surface area (Å²) in [4.78, 5) is 14.5. The molecule has 1 fully saturated rings. The smallest absolute Gasteiger partial charge is 0.325 e. The van der Waals surface area contributed by atoms with Gasteiger partial charge < -0.3 is 15.0 Å². The van der Waals surface area contributed by atoms with E-state index in [1.54, 1.807) is 0 Å². The van der Waals surface area contributed by atoms with E-state index in [-0.39, 0.29) is 5.97 Å². The number of ether oxygens (including phenoxy) is 1. The van der Waals surface area contributed by atoms with Gasteiger partial charge in [0.25, 0.3) is 0 Å². The molecule has 0 aromatic rings. The summed E-state index contributed by atoms with van der Waals surface area (Å²) >= 11 is 0. The summed E-state index contributed by atoms with van der Waals surface area (Å²) in [5, 5.41) is 3.35. The molecule has 0 aliphatic carbocycles. The summed E-state index contributed by atoms with van der Waals surface area (Å²) < 4.78 is 4.96. The van der Waals surface area contributed by atoms with Gasteiger partial charge in [-0.1, -0.05) is 13.8 Å². The minimum Gasteiger partial charge on any atom is -0.468 e. The molecule has 0 radical (unpaired) electrons. The molecule has 20 heavy (non-hydrogen) atoms. The average molecular weight is 284 g/mol. The minimum absolute atomic E-state index is 0.145. The highest BCUT2D eigenvalue weighted by Crippen LogP contribution is 2.23. The Hall–Kier alpha value is -0.610. The lowest BCUT2D eigenvalue weighted by Crippen LogP contribution is -2.50. The number of rotatable bonds is 8. The predicted octanol–water partition coefficient (Wildman–Crippen LogP) is 2.43. The maximum absolute atomic E-state index is 12.0. The lowest BCUT2D eigenvalue weighted by molar-refractivity contribution is -0.148. The first-order valence-corrected chi connectivity index (χ1v) is 8.00. The number of nitrogens with zero attached hydrogens (tertiary/aromatic N) is 1. The van der Waals surface area contributed by atoms with Gasteiger partial charge in [-0.15, -0.1) is 0 Å². The van der Waals surface area contributed by atoms with E-state index in [9.17, 15) is 4.79 Å². The topological polar surface area (TPSA) is 41.6 Å². The van der Waals surface area contributed by atoms with Crippen molar-refractivity contribution in [3.05, 3.63) is 0 Å². The average Bonchev–Trinajstić information content (AvgIpc) is 2.73. The van der Waals surface area contributed by atoms with E-state index in [1.807, 2.05) is 6.92 Å². The quantitative estimate of drug-likeness (QED) is 0.695. The van der Waals surface area contributed by atoms with Gasteiger partial charge in [0.1, 0.15) is 5.54 Å². The third-order valence-corrected chi connectivity index (χ3v) is 4.44. The number of hydrogen-bond donors (Lipinski definition) is 1. The fraction of sp³-hybridized carbons (Fsp3) is 0.938. The van der Waals surface area contributed by atoms with Crippen LogP contribution in [0.5, 0.6) is 0 Å². The van der Waals surface area contributed by atoms with Gasteiger partial charge in [0.15, 0.2) is 0 Å². The van der Waals surface area contributed by atoms with E-state index >= 15 is 0 Å². The number of methoxy groups -OCH3 is 1. The molecule has 0 spiro atoms. The number of esters is 1. The molecule has 4 nitrogen and oxygen atoms in total. The predicted molar refractivity (Wildman–Crippen MR) is 82.8 cm³/mol. The fourth-order valence-corrected chi connectivity index (χ4v) is 3.22. The molecule has 3 atom stereocenters. The Labute approximate surface area is 124 Å². The zero-order chi connectivity index (χ0) is 15.2. The summed E-state index contributed by atoms with van der Waals surface area (Å²) in [7, 11) is 1.47. The van der Waals surface area contributed by atoms with E-state index in [1.165, 1.54) is 20.1 Å². The van der Waals surface area contributed by atoms with Crippen LogP contribution in [0.2, 0.25) is 0 Å². The van der Waals surface area contributed by atoms with E-state index in [0.717, 1.165) is 38.3 Å². The van der Waals surface area contributed by atoms with Crippen LogP contribution in [0, 0.1) is 5.92 Å². The van der Waals surface area contributed by atoms with Gasteiger partial charge in [-0.25, -0.2) is 0 Å². The molecule has 0 bridgehead atoms. The number of likely N-dealkylation sites (tertiary alicyclic amines) is 1. The van der Waals surface area contributed by atoms with E-state index in [2.05, 4.69) is 31.0 Å². The molecule has 1 N–H and O–H groups in total. The van der Waals surface area contributed by atoms with Crippen molar-refractivity contribution < 1.29 is 9.53 Å². The standard InChI is InChI=1S/C16H32N2O2/c1-6-9-17-16(4,15(19)20-5)8-7-10-18-12-13(2)11-14(18)3/h13-14,17H,6-12H2,1-5H3. The Morgan fingerprint density at radius 3 is 2.65 bits per heavy atom. The fourth-order valence-electron chi connectivity index (χ4n) is 3.22. The molecule has 0 saturated carbocycles. The van der Waals surface area contributed by atoms with Gasteiger partial charge in [0, 0.05) is 12.6 Å². The Morgan fingerprint density at radius 2 is 2.15 bits per heavy atom. The second-order valence-corrected chi connectivity index (χ2v) is 6.54. The zero-order valence-corrected chi connectivity index (χ0v) is 13.9. The third-order valence-electron chi connectivity index (χ3n) is 4.44. The first-order chi connectivity index (χ1) is 9.42. The molecule has 1 aliphatic heterocycles. The largest absolute Gasteiger partial charge is 0.468 e. The molecule has 1 rings (SSSR count). The molecule has 0 amide bonds. The molecule has 118 valence electrons. The first-order valence-electron chi connectivity index (χ1n) is 8.00. The van der Waals surface area contributed by atoms with E-state index in [4.69, 9.17) is 4.74 Å². The SMILES string of the molecule is CCCNC(C)(CCCN1CC(C)CC1C)C(=O)OC. The lowest BCUT2D eigenvalue weighted by atomic mass is 9.95. The van der Waals surface area contributed by atoms with E-state index < -0.39 is 5.54 Å². The van der Waals surface area contributed by atoms with Crippen LogP contribution in [0.1, 0.15) is 53.4 Å². The van der Waals surface area contributed by atoms with Crippen molar-refractivity contribution in [1.29, 1.82) is 0 Å². The molecule has 3 unspecified atom stereocenters.